The van der Waals surface area contributed by atoms with Gasteiger partial charge in [0, 0.05) is 25.5 Å². The first-order valence-corrected chi connectivity index (χ1v) is 12.6. The van der Waals surface area contributed by atoms with Crippen molar-refractivity contribution in [2.75, 3.05) is 6.54 Å². The maximum absolute atomic E-state index is 14.4. The number of carbonyl (C=O) groups is 1. The van der Waals surface area contributed by atoms with Crippen LogP contribution in [0.5, 0.6) is 0 Å². The fraction of sp³-hybridized carbons (Fsp3) is 0.154. The highest BCUT2D eigenvalue weighted by Crippen LogP contribution is 2.24. The molecule has 0 saturated heterocycles. The van der Waals surface area contributed by atoms with Crippen molar-refractivity contribution < 1.29 is 17.6 Å². The van der Waals surface area contributed by atoms with Crippen LogP contribution in [0.15, 0.2) is 90.1 Å². The third-order valence-corrected chi connectivity index (χ3v) is 7.00. The van der Waals surface area contributed by atoms with Crippen molar-refractivity contribution in [1.82, 2.24) is 19.8 Å². The quantitative estimate of drug-likeness (QED) is 0.370. The van der Waals surface area contributed by atoms with E-state index in [9.17, 15) is 17.6 Å². The van der Waals surface area contributed by atoms with Gasteiger partial charge in [0.05, 0.1) is 17.0 Å². The smallest absolute Gasteiger partial charge is 0.254 e. The third-order valence-electron chi connectivity index (χ3n) is 5.45. The number of carbonyl (C=O) groups excluding carboxylic acids is 1. The number of nitrogens with one attached hydrogen (secondary N) is 2. The average molecular weight is 493 g/mol. The molecule has 0 radical (unpaired) electrons. The number of benzene rings is 3. The van der Waals surface area contributed by atoms with Gasteiger partial charge in [-0.15, -0.1) is 0 Å². The Bertz CT molecular complexity index is 1420. The van der Waals surface area contributed by atoms with Crippen LogP contribution in [0.2, 0.25) is 0 Å². The molecule has 0 spiro atoms. The first-order valence-electron chi connectivity index (χ1n) is 11.1. The number of sulfonamides is 1. The molecule has 4 rings (SSSR count). The van der Waals surface area contributed by atoms with E-state index >= 15 is 0 Å². The minimum atomic E-state index is -3.82. The van der Waals surface area contributed by atoms with Crippen molar-refractivity contribution in [1.29, 1.82) is 0 Å². The number of halogens is 1. The summed E-state index contributed by atoms with van der Waals surface area (Å²) >= 11 is 0. The number of aromatic nitrogens is 2. The molecule has 0 atom stereocenters. The van der Waals surface area contributed by atoms with E-state index in [2.05, 4.69) is 15.1 Å². The molecule has 1 amide bonds. The molecule has 0 bridgehead atoms. The van der Waals surface area contributed by atoms with Gasteiger partial charge >= 0.3 is 0 Å². The number of rotatable bonds is 9. The largest absolute Gasteiger partial charge is 0.348 e. The summed E-state index contributed by atoms with van der Waals surface area (Å²) in [6.07, 6.45) is 3.64. The van der Waals surface area contributed by atoms with E-state index in [1.807, 2.05) is 65.5 Å². The van der Waals surface area contributed by atoms with E-state index in [0.717, 1.165) is 40.5 Å². The zero-order chi connectivity index (χ0) is 24.8. The molecule has 9 heteroatoms. The number of nitrogens with zero attached hydrogens (tertiary/aromatic N) is 2. The maximum Gasteiger partial charge on any atom is 0.254 e. The van der Waals surface area contributed by atoms with E-state index < -0.39 is 21.7 Å². The monoisotopic (exact) mass is 492 g/mol. The second-order valence-electron chi connectivity index (χ2n) is 7.88. The molecule has 0 aliphatic heterocycles. The van der Waals surface area contributed by atoms with Crippen molar-refractivity contribution in [3.8, 4) is 11.1 Å². The summed E-state index contributed by atoms with van der Waals surface area (Å²) in [5.41, 5.74) is 3.53. The molecule has 1 aromatic heterocycles. The molecule has 0 aliphatic carbocycles. The Balaban J connectivity index is 1.50. The van der Waals surface area contributed by atoms with Gasteiger partial charge in [0.2, 0.25) is 10.0 Å². The molecular weight excluding hydrogens is 467 g/mol. The second-order valence-corrected chi connectivity index (χ2v) is 9.65. The van der Waals surface area contributed by atoms with Crippen molar-refractivity contribution in [3.63, 3.8) is 0 Å². The highest BCUT2D eigenvalue weighted by atomic mass is 32.2. The summed E-state index contributed by atoms with van der Waals surface area (Å²) in [5, 5.41) is 6.93. The molecule has 35 heavy (non-hydrogen) atoms. The Morgan fingerprint density at radius 3 is 2.51 bits per heavy atom. The molecule has 0 fully saturated rings. The minimum absolute atomic E-state index is 0.147. The summed E-state index contributed by atoms with van der Waals surface area (Å²) in [5.74, 6) is -1.49. The summed E-state index contributed by atoms with van der Waals surface area (Å²) in [6, 6.07) is 20.7. The molecule has 2 N–H and O–H groups in total. The van der Waals surface area contributed by atoms with Crippen LogP contribution in [0.3, 0.4) is 0 Å². The van der Waals surface area contributed by atoms with Gasteiger partial charge in [-0.3, -0.25) is 9.48 Å². The zero-order valence-electron chi connectivity index (χ0n) is 19.1. The van der Waals surface area contributed by atoms with Crippen LogP contribution in [0, 0.1) is 5.82 Å². The van der Waals surface area contributed by atoms with Gasteiger partial charge in [0.15, 0.2) is 0 Å². The van der Waals surface area contributed by atoms with E-state index in [1.165, 1.54) is 0 Å². The predicted octanol–water partition coefficient (Wildman–Crippen LogP) is 3.97. The van der Waals surface area contributed by atoms with Crippen molar-refractivity contribution in [3.05, 3.63) is 108 Å². The lowest BCUT2D eigenvalue weighted by Gasteiger charge is -2.13. The maximum atomic E-state index is 14.4. The van der Waals surface area contributed by atoms with Crippen LogP contribution in [-0.4, -0.2) is 30.7 Å². The molecule has 1 heterocycles. The lowest BCUT2D eigenvalue weighted by molar-refractivity contribution is 0.0946. The molecule has 0 aliphatic rings. The van der Waals surface area contributed by atoms with Crippen LogP contribution in [0.1, 0.15) is 28.4 Å². The summed E-state index contributed by atoms with van der Waals surface area (Å²) in [4.78, 5) is 12.6. The Labute approximate surface area is 203 Å². The Morgan fingerprint density at radius 2 is 1.80 bits per heavy atom. The average Bonchev–Trinajstić information content (AvgIpc) is 3.36. The predicted molar refractivity (Wildman–Crippen MR) is 132 cm³/mol. The van der Waals surface area contributed by atoms with Crippen molar-refractivity contribution in [2.45, 2.75) is 24.9 Å². The van der Waals surface area contributed by atoms with Crippen LogP contribution in [0.25, 0.3) is 11.1 Å². The van der Waals surface area contributed by atoms with Gasteiger partial charge in [0.25, 0.3) is 5.91 Å². The molecule has 0 unspecified atom stereocenters. The molecule has 7 nitrogen and oxygen atoms in total. The molecule has 4 aromatic rings. The fourth-order valence-corrected chi connectivity index (χ4v) is 4.78. The van der Waals surface area contributed by atoms with Crippen molar-refractivity contribution >= 4 is 15.9 Å². The van der Waals surface area contributed by atoms with Crippen LogP contribution < -0.4 is 10.0 Å². The van der Waals surface area contributed by atoms with E-state index in [1.54, 1.807) is 13.1 Å². The molecule has 0 saturated carbocycles. The van der Waals surface area contributed by atoms with Gasteiger partial charge in [-0.25, -0.2) is 17.5 Å². The Hall–Kier alpha value is -3.82. The zero-order valence-corrected chi connectivity index (χ0v) is 19.9. The second kappa shape index (κ2) is 10.6. The third kappa shape index (κ3) is 5.82. The molecular formula is C26H25FN4O3S. The summed E-state index contributed by atoms with van der Waals surface area (Å²) < 4.78 is 43.0. The van der Waals surface area contributed by atoms with Gasteiger partial charge in [-0.2, -0.15) is 5.10 Å². The topological polar surface area (TPSA) is 93.1 Å². The van der Waals surface area contributed by atoms with E-state index in [0.29, 0.717) is 6.54 Å². The lowest BCUT2D eigenvalue weighted by atomic mass is 9.98. The lowest BCUT2D eigenvalue weighted by Crippen LogP contribution is -2.26. The minimum Gasteiger partial charge on any atom is -0.348 e. The normalized spacial score (nSPS) is 11.4. The van der Waals surface area contributed by atoms with Gasteiger partial charge < -0.3 is 5.32 Å². The highest BCUT2D eigenvalue weighted by molar-refractivity contribution is 7.89. The van der Waals surface area contributed by atoms with Crippen LogP contribution in [0.4, 0.5) is 4.39 Å². The fourth-order valence-electron chi connectivity index (χ4n) is 3.72. The van der Waals surface area contributed by atoms with E-state index in [4.69, 9.17) is 0 Å². The first kappa shape index (κ1) is 24.3. The highest BCUT2D eigenvalue weighted by Gasteiger charge is 2.19. The standard InChI is InChI=1S/C26H25FN4O3S/c1-2-30-35(33,34)22-12-13-25(27)24(16-22)26(32)28-17-21-6-3-4-7-23(21)20-10-8-19(9-11-20)18-31-15-5-14-29-31/h3-16,30H,2,17-18H2,1H3,(H,28,32). The van der Waals surface area contributed by atoms with Crippen molar-refractivity contribution in [2.24, 2.45) is 0 Å². The van der Waals surface area contributed by atoms with Crippen LogP contribution in [-0.2, 0) is 23.1 Å². The van der Waals surface area contributed by atoms with Gasteiger partial charge in [-0.1, -0.05) is 55.5 Å². The number of hydrogen-bond donors (Lipinski definition) is 2. The van der Waals surface area contributed by atoms with E-state index in [-0.39, 0.29) is 23.5 Å². The SMILES string of the molecule is CCNS(=O)(=O)c1ccc(F)c(C(=O)NCc2ccccc2-c2ccc(Cn3cccn3)cc2)c1. The molecule has 3 aromatic carbocycles. The summed E-state index contributed by atoms with van der Waals surface area (Å²) in [6.45, 7) is 2.63. The van der Waals surface area contributed by atoms with Crippen LogP contribution >= 0.6 is 0 Å². The Morgan fingerprint density at radius 1 is 1.03 bits per heavy atom. The summed E-state index contributed by atoms with van der Waals surface area (Å²) in [7, 11) is -3.82. The van der Waals surface area contributed by atoms with Gasteiger partial charge in [-0.05, 0) is 46.5 Å². The molecule has 180 valence electrons. The number of hydrogen-bond acceptors (Lipinski definition) is 4. The Kier molecular flexibility index (Phi) is 7.38. The van der Waals surface area contributed by atoms with Gasteiger partial charge in [0.1, 0.15) is 5.82 Å². The first-order chi connectivity index (χ1) is 16.9. The number of amides is 1.